The first-order valence-electron chi connectivity index (χ1n) is 13.9. The highest BCUT2D eigenvalue weighted by atomic mass is 19.4. The molecule has 0 saturated carbocycles. The highest BCUT2D eigenvalue weighted by Crippen LogP contribution is 2.33. The van der Waals surface area contributed by atoms with E-state index in [1.165, 1.54) is 27.0 Å². The summed E-state index contributed by atoms with van der Waals surface area (Å²) in [5.74, 6) is -1.02. The average molecular weight is 621 g/mol. The minimum Gasteiger partial charge on any atom is -0.477 e. The highest BCUT2D eigenvalue weighted by molar-refractivity contribution is 5.90. The Kier molecular flexibility index (Phi) is 7.52. The molecule has 11 nitrogen and oxygen atoms in total. The maximum Gasteiger partial charge on any atom is 0.417 e. The van der Waals surface area contributed by atoms with Crippen LogP contribution in [0.3, 0.4) is 0 Å². The zero-order valence-electron chi connectivity index (χ0n) is 24.2. The number of aromatic carboxylic acids is 1. The summed E-state index contributed by atoms with van der Waals surface area (Å²) in [5, 5.41) is 9.33. The van der Waals surface area contributed by atoms with Crippen molar-refractivity contribution in [3.63, 3.8) is 0 Å². The summed E-state index contributed by atoms with van der Waals surface area (Å²) in [6.45, 7) is 1.28. The number of carboxylic acids is 1. The van der Waals surface area contributed by atoms with Crippen LogP contribution in [0.5, 0.6) is 0 Å². The molecule has 1 aliphatic rings. The Hall–Kier alpha value is -5.24. The number of carbonyl (C=O) groups is 2. The summed E-state index contributed by atoms with van der Waals surface area (Å²) in [4.78, 5) is 47.5. The zero-order chi connectivity index (χ0) is 32.0. The number of carbonyl (C=O) groups excluding carboxylic acids is 1. The molecule has 3 aromatic heterocycles. The van der Waals surface area contributed by atoms with Crippen LogP contribution in [0.25, 0.3) is 28.0 Å². The van der Waals surface area contributed by atoms with E-state index in [2.05, 4.69) is 9.97 Å². The SMILES string of the molecule is COC(=O)c1ccc(-c2ccc(-n3c(=O)n([C@H]4CCN(Cc5ncc(C(=O)O)n5C)C4)c4ncc(C(F)(F)F)cc43)cc2)cc1. The van der Waals surface area contributed by atoms with Crippen LogP contribution in [0.15, 0.2) is 71.8 Å². The van der Waals surface area contributed by atoms with Crippen LogP contribution < -0.4 is 5.69 Å². The zero-order valence-corrected chi connectivity index (χ0v) is 24.2. The molecule has 0 amide bonds. The van der Waals surface area contributed by atoms with Crippen molar-refractivity contribution in [3.05, 3.63) is 100 Å². The fraction of sp³-hybridized carbons (Fsp3) is 0.258. The number of halogens is 3. The standard InChI is InChI=1S/C31H27F3N6O5/c1-37-25(28(41)42)15-35-26(37)17-38-12-11-23(16-38)40-27-24(13-21(14-36-27)31(32,33)34)39(30(40)44)22-9-7-19(8-10-22)18-3-5-20(6-4-18)29(43)45-2/h3-10,13-15,23H,11-12,16-17H2,1-2H3,(H,41,42)/t23-/m0/s1. The number of benzene rings is 2. The van der Waals surface area contributed by atoms with Gasteiger partial charge in [0.15, 0.2) is 5.65 Å². The van der Waals surface area contributed by atoms with E-state index < -0.39 is 35.4 Å². The Labute approximate surface area is 253 Å². The Morgan fingerprint density at radius 1 is 1.02 bits per heavy atom. The van der Waals surface area contributed by atoms with E-state index in [0.717, 1.165) is 23.4 Å². The van der Waals surface area contributed by atoms with Crippen LogP contribution in [-0.2, 0) is 24.5 Å². The van der Waals surface area contributed by atoms with Gasteiger partial charge in [0.05, 0.1) is 48.2 Å². The van der Waals surface area contributed by atoms with Crippen LogP contribution >= 0.6 is 0 Å². The number of hydrogen-bond acceptors (Lipinski definition) is 7. The van der Waals surface area contributed by atoms with Crippen LogP contribution in [0.4, 0.5) is 13.2 Å². The van der Waals surface area contributed by atoms with E-state index in [9.17, 15) is 32.7 Å². The number of hydrogen-bond donors (Lipinski definition) is 1. The molecule has 14 heteroatoms. The van der Waals surface area contributed by atoms with Gasteiger partial charge in [0.2, 0.25) is 0 Å². The van der Waals surface area contributed by atoms with E-state index >= 15 is 0 Å². The second kappa shape index (κ2) is 11.4. The number of alkyl halides is 3. The second-order valence-electron chi connectivity index (χ2n) is 10.8. The van der Waals surface area contributed by atoms with Crippen molar-refractivity contribution in [1.29, 1.82) is 0 Å². The normalized spacial score (nSPS) is 15.5. The van der Waals surface area contributed by atoms with E-state index in [1.54, 1.807) is 55.6 Å². The molecule has 1 N–H and O–H groups in total. The first-order valence-corrected chi connectivity index (χ1v) is 13.9. The summed E-state index contributed by atoms with van der Waals surface area (Å²) < 4.78 is 50.1. The number of ether oxygens (including phenoxy) is 1. The number of rotatable bonds is 7. The summed E-state index contributed by atoms with van der Waals surface area (Å²) in [6.07, 6.45) is -2.12. The van der Waals surface area contributed by atoms with Crippen molar-refractivity contribution >= 4 is 23.1 Å². The predicted molar refractivity (Wildman–Crippen MR) is 156 cm³/mol. The van der Waals surface area contributed by atoms with Crippen molar-refractivity contribution < 1.29 is 32.6 Å². The molecular weight excluding hydrogens is 593 g/mol. The molecule has 1 atom stereocenters. The fourth-order valence-corrected chi connectivity index (χ4v) is 5.71. The van der Waals surface area contributed by atoms with E-state index in [1.807, 2.05) is 4.90 Å². The molecule has 1 fully saturated rings. The molecular formula is C31H27F3N6O5. The van der Waals surface area contributed by atoms with Gasteiger partial charge in [-0.15, -0.1) is 0 Å². The van der Waals surface area contributed by atoms with Crippen LogP contribution in [0, 0.1) is 0 Å². The predicted octanol–water partition coefficient (Wildman–Crippen LogP) is 4.54. The molecule has 6 rings (SSSR count). The maximum atomic E-state index is 14.0. The lowest BCUT2D eigenvalue weighted by atomic mass is 10.0. The van der Waals surface area contributed by atoms with Crippen molar-refractivity contribution in [1.82, 2.24) is 28.6 Å². The van der Waals surface area contributed by atoms with Gasteiger partial charge < -0.3 is 14.4 Å². The van der Waals surface area contributed by atoms with Gasteiger partial charge in [0.1, 0.15) is 11.5 Å². The average Bonchev–Trinajstić information content (AvgIpc) is 3.71. The van der Waals surface area contributed by atoms with Gasteiger partial charge in [-0.05, 0) is 47.9 Å². The Morgan fingerprint density at radius 3 is 2.29 bits per heavy atom. The summed E-state index contributed by atoms with van der Waals surface area (Å²) in [7, 11) is 2.91. The van der Waals surface area contributed by atoms with Gasteiger partial charge in [-0.2, -0.15) is 13.2 Å². The van der Waals surface area contributed by atoms with Gasteiger partial charge in [0.25, 0.3) is 0 Å². The summed E-state index contributed by atoms with van der Waals surface area (Å²) in [5.41, 5.74) is 1.03. The Bertz CT molecular complexity index is 1980. The van der Waals surface area contributed by atoms with Crippen molar-refractivity contribution in [2.75, 3.05) is 20.2 Å². The molecule has 232 valence electrons. The Morgan fingerprint density at radius 2 is 1.69 bits per heavy atom. The van der Waals surface area contributed by atoms with Crippen molar-refractivity contribution in [2.24, 2.45) is 7.05 Å². The fourth-order valence-electron chi connectivity index (χ4n) is 5.71. The molecule has 45 heavy (non-hydrogen) atoms. The first-order chi connectivity index (χ1) is 21.5. The minimum absolute atomic E-state index is 0.0265. The third kappa shape index (κ3) is 5.48. The molecule has 4 heterocycles. The molecule has 5 aromatic rings. The number of aromatic nitrogens is 5. The number of likely N-dealkylation sites (tertiary alicyclic amines) is 1. The minimum atomic E-state index is -4.66. The summed E-state index contributed by atoms with van der Waals surface area (Å²) >= 11 is 0. The van der Waals surface area contributed by atoms with Crippen LogP contribution in [0.2, 0.25) is 0 Å². The lowest BCUT2D eigenvalue weighted by molar-refractivity contribution is -0.137. The topological polar surface area (TPSA) is 124 Å². The van der Waals surface area contributed by atoms with Crippen molar-refractivity contribution in [2.45, 2.75) is 25.2 Å². The van der Waals surface area contributed by atoms with Crippen molar-refractivity contribution in [3.8, 4) is 16.8 Å². The molecule has 0 spiro atoms. The van der Waals surface area contributed by atoms with E-state index in [-0.39, 0.29) is 16.9 Å². The van der Waals surface area contributed by atoms with E-state index in [4.69, 9.17) is 4.74 Å². The second-order valence-corrected chi connectivity index (χ2v) is 10.8. The van der Waals surface area contributed by atoms with Gasteiger partial charge in [-0.3, -0.25) is 14.0 Å². The highest BCUT2D eigenvalue weighted by Gasteiger charge is 2.34. The molecule has 2 aromatic carbocycles. The smallest absolute Gasteiger partial charge is 0.417 e. The Balaban J connectivity index is 1.35. The number of nitrogens with zero attached hydrogens (tertiary/aromatic N) is 6. The first kappa shape index (κ1) is 29.8. The van der Waals surface area contributed by atoms with Gasteiger partial charge in [-0.25, -0.2) is 24.4 Å². The molecule has 0 aliphatic carbocycles. The molecule has 0 bridgehead atoms. The number of imidazole rings is 2. The molecule has 0 radical (unpaired) electrons. The monoisotopic (exact) mass is 620 g/mol. The number of esters is 1. The van der Waals surface area contributed by atoms with Crippen LogP contribution in [-0.4, -0.2) is 65.8 Å². The lowest BCUT2D eigenvalue weighted by Gasteiger charge is -2.16. The maximum absolute atomic E-state index is 14.0. The van der Waals surface area contributed by atoms with Gasteiger partial charge in [-0.1, -0.05) is 24.3 Å². The molecule has 1 aliphatic heterocycles. The lowest BCUT2D eigenvalue weighted by Crippen LogP contribution is -2.29. The summed E-state index contributed by atoms with van der Waals surface area (Å²) in [6, 6.07) is 14.1. The number of carboxylic acid groups (broad SMARTS) is 1. The number of methoxy groups -OCH3 is 1. The number of pyridine rings is 1. The third-order valence-corrected chi connectivity index (χ3v) is 8.09. The van der Waals surface area contributed by atoms with Gasteiger partial charge >= 0.3 is 23.8 Å². The molecule has 0 unspecified atom stereocenters. The number of fused-ring (bicyclic) bond motifs is 1. The quantitative estimate of drug-likeness (QED) is 0.263. The van der Waals surface area contributed by atoms with E-state index in [0.29, 0.717) is 43.1 Å². The molecule has 1 saturated heterocycles. The third-order valence-electron chi connectivity index (χ3n) is 8.09. The largest absolute Gasteiger partial charge is 0.477 e. The van der Waals surface area contributed by atoms with Gasteiger partial charge in [0, 0.05) is 26.3 Å². The van der Waals surface area contributed by atoms with Crippen LogP contribution in [0.1, 0.15) is 44.7 Å².